The van der Waals surface area contributed by atoms with E-state index in [9.17, 15) is 4.91 Å². The Kier molecular flexibility index (Phi) is 5.50. The summed E-state index contributed by atoms with van der Waals surface area (Å²) in [6.07, 6.45) is 1.72. The van der Waals surface area contributed by atoms with Crippen LogP contribution in [-0.4, -0.2) is 13.9 Å². The molecule has 0 spiro atoms. The van der Waals surface area contributed by atoms with Crippen molar-refractivity contribution in [2.45, 2.75) is 25.8 Å². The summed E-state index contributed by atoms with van der Waals surface area (Å²) in [4.78, 5) is 10.7. The molecule has 0 fully saturated rings. The average molecular weight is 223 g/mol. The van der Waals surface area contributed by atoms with Gasteiger partial charge in [-0.25, -0.2) is 0 Å². The average Bonchev–Trinajstić information content (AvgIpc) is 2.34. The molecule has 0 radical (unpaired) electrons. The molecule has 0 aromatic heterocycles. The fourth-order valence-corrected chi connectivity index (χ4v) is 1.47. The summed E-state index contributed by atoms with van der Waals surface area (Å²) in [5, 5.41) is 3.12. The molecule has 0 amide bonds. The van der Waals surface area contributed by atoms with Crippen molar-refractivity contribution in [2.75, 3.05) is 13.9 Å². The maximum atomic E-state index is 10.7. The van der Waals surface area contributed by atoms with E-state index in [2.05, 4.69) is 5.18 Å². The topological polar surface area (TPSA) is 47.9 Å². The monoisotopic (exact) mass is 223 g/mol. The van der Waals surface area contributed by atoms with Crippen LogP contribution in [-0.2, 0) is 4.74 Å². The second-order valence-electron chi connectivity index (χ2n) is 3.53. The smallest absolute Gasteiger partial charge is 0.188 e. The highest BCUT2D eigenvalue weighted by Crippen LogP contribution is 2.24. The van der Waals surface area contributed by atoms with Crippen molar-refractivity contribution in [3.05, 3.63) is 34.7 Å². The molecule has 1 atom stereocenters. The van der Waals surface area contributed by atoms with Gasteiger partial charge in [0.05, 0.1) is 0 Å². The molecule has 0 aliphatic heterocycles. The first-order chi connectivity index (χ1) is 7.81. The van der Waals surface area contributed by atoms with Crippen LogP contribution in [0, 0.1) is 4.91 Å². The number of hydrogen-bond acceptors (Lipinski definition) is 4. The first-order valence-corrected chi connectivity index (χ1v) is 5.36. The van der Waals surface area contributed by atoms with E-state index in [1.165, 1.54) is 0 Å². The Labute approximate surface area is 95.5 Å². The summed E-state index contributed by atoms with van der Waals surface area (Å²) in [7, 11) is 1.57. The van der Waals surface area contributed by atoms with Gasteiger partial charge in [0, 0.05) is 7.11 Å². The standard InChI is InChI=1S/C12H17NO3/c1-3-4-12(13-14)10-5-7-11(8-6-10)16-9-15-2/h5-8,12H,3-4,9H2,1-2H3. The number of nitroso groups, excluding NO2 is 1. The van der Waals surface area contributed by atoms with Gasteiger partial charge >= 0.3 is 0 Å². The van der Waals surface area contributed by atoms with Crippen molar-refractivity contribution in [3.63, 3.8) is 0 Å². The normalized spacial score (nSPS) is 12.1. The Balaban J connectivity index is 2.65. The Hall–Kier alpha value is -1.42. The minimum Gasteiger partial charge on any atom is -0.468 e. The summed E-state index contributed by atoms with van der Waals surface area (Å²) < 4.78 is 10.0. The number of rotatable bonds is 7. The van der Waals surface area contributed by atoms with E-state index in [-0.39, 0.29) is 12.8 Å². The van der Waals surface area contributed by atoms with Gasteiger partial charge in [0.15, 0.2) is 6.79 Å². The zero-order valence-corrected chi connectivity index (χ0v) is 9.68. The summed E-state index contributed by atoms with van der Waals surface area (Å²) in [5.74, 6) is 0.728. The van der Waals surface area contributed by atoms with E-state index in [0.29, 0.717) is 0 Å². The third kappa shape index (κ3) is 3.62. The lowest BCUT2D eigenvalue weighted by Gasteiger charge is -2.09. The fourth-order valence-electron chi connectivity index (χ4n) is 1.47. The summed E-state index contributed by atoms with van der Waals surface area (Å²) in [5.41, 5.74) is 0.932. The van der Waals surface area contributed by atoms with Crippen molar-refractivity contribution in [1.29, 1.82) is 0 Å². The first kappa shape index (κ1) is 12.6. The van der Waals surface area contributed by atoms with Gasteiger partial charge in [-0.2, -0.15) is 4.91 Å². The molecule has 1 aromatic carbocycles. The van der Waals surface area contributed by atoms with Crippen molar-refractivity contribution < 1.29 is 9.47 Å². The highest BCUT2D eigenvalue weighted by molar-refractivity contribution is 5.29. The van der Waals surface area contributed by atoms with Crippen molar-refractivity contribution in [3.8, 4) is 5.75 Å². The largest absolute Gasteiger partial charge is 0.468 e. The molecule has 0 aliphatic rings. The van der Waals surface area contributed by atoms with Crippen LogP contribution >= 0.6 is 0 Å². The highest BCUT2D eigenvalue weighted by atomic mass is 16.7. The zero-order valence-electron chi connectivity index (χ0n) is 9.68. The van der Waals surface area contributed by atoms with Crippen LogP contribution in [0.2, 0.25) is 0 Å². The molecule has 0 N–H and O–H groups in total. The number of methoxy groups -OCH3 is 1. The summed E-state index contributed by atoms with van der Waals surface area (Å²) >= 11 is 0. The van der Waals surface area contributed by atoms with E-state index in [0.717, 1.165) is 24.2 Å². The van der Waals surface area contributed by atoms with Gasteiger partial charge in [-0.3, -0.25) is 0 Å². The van der Waals surface area contributed by atoms with Gasteiger partial charge in [-0.1, -0.05) is 30.7 Å². The van der Waals surface area contributed by atoms with E-state index < -0.39 is 0 Å². The maximum Gasteiger partial charge on any atom is 0.188 e. The van der Waals surface area contributed by atoms with Gasteiger partial charge in [0.1, 0.15) is 11.8 Å². The molecule has 88 valence electrons. The van der Waals surface area contributed by atoms with Gasteiger partial charge in [-0.05, 0) is 24.1 Å². The Morgan fingerprint density at radius 2 is 2.00 bits per heavy atom. The van der Waals surface area contributed by atoms with Crippen LogP contribution in [0.25, 0.3) is 0 Å². The lowest BCUT2D eigenvalue weighted by molar-refractivity contribution is 0.0511. The lowest BCUT2D eigenvalue weighted by Crippen LogP contribution is -1.99. The van der Waals surface area contributed by atoms with Gasteiger partial charge < -0.3 is 9.47 Å². The molecule has 0 heterocycles. The molecule has 4 heteroatoms. The number of benzene rings is 1. The number of hydrogen-bond donors (Lipinski definition) is 0. The maximum absolute atomic E-state index is 10.7. The number of ether oxygens (including phenoxy) is 2. The lowest BCUT2D eigenvalue weighted by atomic mass is 10.0. The van der Waals surface area contributed by atoms with Crippen LogP contribution in [0.5, 0.6) is 5.75 Å². The Bertz CT molecular complexity index is 311. The molecule has 4 nitrogen and oxygen atoms in total. The van der Waals surface area contributed by atoms with Gasteiger partial charge in [-0.15, -0.1) is 0 Å². The van der Waals surface area contributed by atoms with Crippen LogP contribution in [0.15, 0.2) is 29.4 Å². The molecule has 16 heavy (non-hydrogen) atoms. The molecule has 1 unspecified atom stereocenters. The third-order valence-electron chi connectivity index (χ3n) is 2.30. The second-order valence-corrected chi connectivity index (χ2v) is 3.53. The van der Waals surface area contributed by atoms with Gasteiger partial charge in [0.25, 0.3) is 0 Å². The Morgan fingerprint density at radius 3 is 2.50 bits per heavy atom. The molecular formula is C12H17NO3. The first-order valence-electron chi connectivity index (χ1n) is 5.36. The van der Waals surface area contributed by atoms with Crippen LogP contribution in [0.4, 0.5) is 0 Å². The molecule has 0 bridgehead atoms. The zero-order chi connectivity index (χ0) is 11.8. The van der Waals surface area contributed by atoms with Crippen LogP contribution in [0.1, 0.15) is 31.4 Å². The second kappa shape index (κ2) is 6.95. The summed E-state index contributed by atoms with van der Waals surface area (Å²) in [6, 6.07) is 7.13. The molecule has 1 aromatic rings. The predicted molar refractivity (Wildman–Crippen MR) is 62.4 cm³/mol. The molecular weight excluding hydrogens is 206 g/mol. The number of nitrogens with zero attached hydrogens (tertiary/aromatic N) is 1. The minimum atomic E-state index is -0.249. The van der Waals surface area contributed by atoms with E-state index in [4.69, 9.17) is 9.47 Å². The molecule has 0 aliphatic carbocycles. The molecule has 0 saturated carbocycles. The highest BCUT2D eigenvalue weighted by Gasteiger charge is 2.10. The van der Waals surface area contributed by atoms with Crippen LogP contribution < -0.4 is 4.74 Å². The Morgan fingerprint density at radius 1 is 1.31 bits per heavy atom. The molecule has 1 rings (SSSR count). The van der Waals surface area contributed by atoms with Crippen molar-refractivity contribution >= 4 is 0 Å². The van der Waals surface area contributed by atoms with E-state index in [1.54, 1.807) is 7.11 Å². The van der Waals surface area contributed by atoms with Crippen molar-refractivity contribution in [2.24, 2.45) is 5.18 Å². The third-order valence-corrected chi connectivity index (χ3v) is 2.30. The SMILES string of the molecule is CCCC(N=O)c1ccc(OCOC)cc1. The van der Waals surface area contributed by atoms with Gasteiger partial charge in [0.2, 0.25) is 0 Å². The minimum absolute atomic E-state index is 0.226. The van der Waals surface area contributed by atoms with Crippen molar-refractivity contribution in [1.82, 2.24) is 0 Å². The van der Waals surface area contributed by atoms with Crippen LogP contribution in [0.3, 0.4) is 0 Å². The predicted octanol–water partition coefficient (Wildman–Crippen LogP) is 3.28. The molecule has 0 saturated heterocycles. The quantitative estimate of drug-likeness (QED) is 0.526. The summed E-state index contributed by atoms with van der Waals surface area (Å²) in [6.45, 7) is 2.26. The van der Waals surface area contributed by atoms with E-state index in [1.807, 2.05) is 31.2 Å². The fraction of sp³-hybridized carbons (Fsp3) is 0.500. The van der Waals surface area contributed by atoms with E-state index >= 15 is 0 Å².